The van der Waals surface area contributed by atoms with Gasteiger partial charge >= 0.3 is 0 Å². The first-order valence-corrected chi connectivity index (χ1v) is 7.22. The molecule has 5 nitrogen and oxygen atoms in total. The topological polar surface area (TPSA) is 56.3 Å². The Bertz CT molecular complexity index is 589. The summed E-state index contributed by atoms with van der Waals surface area (Å²) in [6.07, 6.45) is 0.0349. The van der Waals surface area contributed by atoms with Crippen LogP contribution >= 0.6 is 11.6 Å². The molecule has 0 bridgehead atoms. The van der Waals surface area contributed by atoms with E-state index in [1.54, 1.807) is 6.07 Å². The maximum atomic E-state index is 6.07. The van der Waals surface area contributed by atoms with Gasteiger partial charge in [0.1, 0.15) is 11.0 Å². The molecule has 6 heteroatoms. The monoisotopic (exact) mass is 305 g/mol. The second-order valence-electron chi connectivity index (χ2n) is 4.71. The van der Waals surface area contributed by atoms with Gasteiger partial charge in [-0.25, -0.2) is 9.97 Å². The molecule has 0 aliphatic carbocycles. The van der Waals surface area contributed by atoms with Gasteiger partial charge in [-0.15, -0.1) is 0 Å². The number of hydrogen-bond acceptors (Lipinski definition) is 5. The van der Waals surface area contributed by atoms with Gasteiger partial charge in [-0.1, -0.05) is 41.9 Å². The van der Waals surface area contributed by atoms with Crippen molar-refractivity contribution < 1.29 is 9.47 Å². The molecule has 110 valence electrons. The smallest absolute Gasteiger partial charge is 0.163 e. The third-order valence-electron chi connectivity index (χ3n) is 3.12. The molecule has 1 aromatic carbocycles. The minimum Gasteiger partial charge on any atom is -0.376 e. The summed E-state index contributed by atoms with van der Waals surface area (Å²) in [5.74, 6) is 1.29. The van der Waals surface area contributed by atoms with E-state index in [4.69, 9.17) is 21.1 Å². The van der Waals surface area contributed by atoms with E-state index in [9.17, 15) is 0 Å². The number of benzene rings is 1. The predicted molar refractivity (Wildman–Crippen MR) is 81.5 cm³/mol. The lowest BCUT2D eigenvalue weighted by Gasteiger charge is -2.23. The van der Waals surface area contributed by atoms with Gasteiger partial charge in [0.25, 0.3) is 0 Å². The minimum absolute atomic E-state index is 0.0349. The summed E-state index contributed by atoms with van der Waals surface area (Å²) in [6.45, 7) is 2.51. The Hall–Kier alpha value is -1.69. The summed E-state index contributed by atoms with van der Waals surface area (Å²) >= 11 is 6.07. The highest BCUT2D eigenvalue weighted by atomic mass is 35.5. The Morgan fingerprint density at radius 2 is 2.05 bits per heavy atom. The predicted octanol–water partition coefficient (Wildman–Crippen LogP) is 2.62. The molecule has 1 aromatic heterocycles. The molecule has 1 saturated heterocycles. The van der Waals surface area contributed by atoms with Crippen LogP contribution in [0.5, 0.6) is 0 Å². The van der Waals surface area contributed by atoms with Gasteiger partial charge in [0.2, 0.25) is 0 Å². The van der Waals surface area contributed by atoms with Gasteiger partial charge in [0.15, 0.2) is 5.82 Å². The minimum atomic E-state index is 0.0349. The van der Waals surface area contributed by atoms with E-state index in [1.807, 2.05) is 30.3 Å². The maximum Gasteiger partial charge on any atom is 0.163 e. The first-order valence-electron chi connectivity index (χ1n) is 6.84. The van der Waals surface area contributed by atoms with Crippen molar-refractivity contribution in [2.24, 2.45) is 0 Å². The van der Waals surface area contributed by atoms with Crippen LogP contribution in [0.2, 0.25) is 5.15 Å². The van der Waals surface area contributed by atoms with E-state index < -0.39 is 0 Å². The quantitative estimate of drug-likeness (QED) is 0.880. The van der Waals surface area contributed by atoms with Crippen molar-refractivity contribution in [2.45, 2.75) is 6.10 Å². The standard InChI is InChI=1S/C15H16ClN3O2/c16-13-8-14(17-9-12-10-20-6-7-21-12)19-15(18-13)11-4-2-1-3-5-11/h1-5,8,12H,6-7,9-10H2,(H,17,18,19). The number of nitrogens with zero attached hydrogens (tertiary/aromatic N) is 2. The number of rotatable bonds is 4. The largest absolute Gasteiger partial charge is 0.376 e. The molecule has 0 spiro atoms. The fraction of sp³-hybridized carbons (Fsp3) is 0.333. The number of nitrogens with one attached hydrogen (secondary N) is 1. The summed E-state index contributed by atoms with van der Waals surface area (Å²) in [7, 11) is 0. The van der Waals surface area contributed by atoms with Crippen molar-refractivity contribution in [3.05, 3.63) is 41.6 Å². The molecule has 2 heterocycles. The van der Waals surface area contributed by atoms with Crippen LogP contribution in [0.25, 0.3) is 11.4 Å². The molecule has 1 fully saturated rings. The van der Waals surface area contributed by atoms with E-state index in [0.717, 1.165) is 5.56 Å². The van der Waals surface area contributed by atoms with Crippen LogP contribution in [0.3, 0.4) is 0 Å². The van der Waals surface area contributed by atoms with Crippen LogP contribution in [0.1, 0.15) is 0 Å². The molecule has 1 N–H and O–H groups in total. The van der Waals surface area contributed by atoms with Crippen LogP contribution in [-0.2, 0) is 9.47 Å². The highest BCUT2D eigenvalue weighted by Crippen LogP contribution is 2.20. The van der Waals surface area contributed by atoms with Gasteiger partial charge in [-0.2, -0.15) is 0 Å². The Morgan fingerprint density at radius 1 is 1.19 bits per heavy atom. The van der Waals surface area contributed by atoms with Crippen molar-refractivity contribution in [1.82, 2.24) is 9.97 Å². The number of halogens is 1. The highest BCUT2D eigenvalue weighted by Gasteiger charge is 2.14. The summed E-state index contributed by atoms with van der Waals surface area (Å²) < 4.78 is 10.9. The SMILES string of the molecule is Clc1cc(NCC2COCCO2)nc(-c2ccccc2)n1. The highest BCUT2D eigenvalue weighted by molar-refractivity contribution is 6.29. The van der Waals surface area contributed by atoms with Crippen LogP contribution in [-0.4, -0.2) is 42.4 Å². The van der Waals surface area contributed by atoms with Gasteiger partial charge in [-0.05, 0) is 0 Å². The Labute approximate surface area is 128 Å². The summed E-state index contributed by atoms with van der Waals surface area (Å²) in [5.41, 5.74) is 0.931. The van der Waals surface area contributed by atoms with Crippen LogP contribution < -0.4 is 5.32 Å². The average molecular weight is 306 g/mol. The zero-order valence-electron chi connectivity index (χ0n) is 11.5. The van der Waals surface area contributed by atoms with Crippen LogP contribution in [0.4, 0.5) is 5.82 Å². The Morgan fingerprint density at radius 3 is 2.81 bits per heavy atom. The molecule has 0 radical (unpaired) electrons. The fourth-order valence-corrected chi connectivity index (χ4v) is 2.28. The first-order chi connectivity index (χ1) is 10.3. The van der Waals surface area contributed by atoms with E-state index in [2.05, 4.69) is 15.3 Å². The van der Waals surface area contributed by atoms with Gasteiger partial charge in [-0.3, -0.25) is 0 Å². The molecular weight excluding hydrogens is 290 g/mol. The lowest BCUT2D eigenvalue weighted by Crippen LogP contribution is -2.34. The summed E-state index contributed by atoms with van der Waals surface area (Å²) in [6, 6.07) is 11.5. The zero-order valence-corrected chi connectivity index (χ0v) is 12.2. The van der Waals surface area contributed by atoms with E-state index >= 15 is 0 Å². The van der Waals surface area contributed by atoms with E-state index in [0.29, 0.717) is 43.2 Å². The van der Waals surface area contributed by atoms with Crippen molar-refractivity contribution in [2.75, 3.05) is 31.7 Å². The molecule has 1 atom stereocenters. The Kier molecular flexibility index (Phi) is 4.65. The van der Waals surface area contributed by atoms with Gasteiger partial charge < -0.3 is 14.8 Å². The van der Waals surface area contributed by atoms with Crippen LogP contribution in [0.15, 0.2) is 36.4 Å². The van der Waals surface area contributed by atoms with Crippen molar-refractivity contribution >= 4 is 17.4 Å². The molecule has 1 unspecified atom stereocenters. The van der Waals surface area contributed by atoms with Crippen molar-refractivity contribution in [1.29, 1.82) is 0 Å². The fourth-order valence-electron chi connectivity index (χ4n) is 2.10. The van der Waals surface area contributed by atoms with Crippen molar-refractivity contribution in [3.63, 3.8) is 0 Å². The lowest BCUT2D eigenvalue weighted by atomic mass is 10.2. The molecule has 0 amide bonds. The molecule has 1 aliphatic rings. The Balaban J connectivity index is 1.72. The van der Waals surface area contributed by atoms with Crippen LogP contribution in [0, 0.1) is 0 Å². The summed E-state index contributed by atoms with van der Waals surface area (Å²) in [4.78, 5) is 8.74. The first kappa shape index (κ1) is 14.3. The van der Waals surface area contributed by atoms with Gasteiger partial charge in [0, 0.05) is 18.2 Å². The number of hydrogen-bond donors (Lipinski definition) is 1. The number of ether oxygens (including phenoxy) is 2. The third-order valence-corrected chi connectivity index (χ3v) is 3.32. The molecule has 1 aliphatic heterocycles. The zero-order chi connectivity index (χ0) is 14.5. The molecule has 0 saturated carbocycles. The van der Waals surface area contributed by atoms with E-state index in [-0.39, 0.29) is 6.10 Å². The molecule has 21 heavy (non-hydrogen) atoms. The maximum absolute atomic E-state index is 6.07. The summed E-state index contributed by atoms with van der Waals surface area (Å²) in [5, 5.41) is 3.63. The third kappa shape index (κ3) is 3.91. The van der Waals surface area contributed by atoms with E-state index in [1.165, 1.54) is 0 Å². The molecule has 2 aromatic rings. The molecular formula is C15H16ClN3O2. The molecule has 3 rings (SSSR count). The second kappa shape index (κ2) is 6.85. The van der Waals surface area contributed by atoms with Gasteiger partial charge in [0.05, 0.1) is 25.9 Å². The normalized spacial score (nSPS) is 18.4. The average Bonchev–Trinajstić information content (AvgIpc) is 2.54. The number of aromatic nitrogens is 2. The number of anilines is 1. The van der Waals surface area contributed by atoms with Crippen molar-refractivity contribution in [3.8, 4) is 11.4 Å². The lowest BCUT2D eigenvalue weighted by molar-refractivity contribution is -0.0819. The second-order valence-corrected chi connectivity index (χ2v) is 5.10.